The molecule has 112 valence electrons. The Kier molecular flexibility index (Phi) is 4.59. The quantitative estimate of drug-likeness (QED) is 0.859. The standard InChI is InChI=1S/C13H16N4O3S/c18-13(9-3-15-16-4-9)17-11-1-2-19-6-12(11)20-5-10-7-21-8-14-10/h3-4,7-8,11-12H,1-2,5-6H2,(H,15,16)(H,17,18)/t11-,12-/m0/s1. The van der Waals surface area contributed by atoms with Gasteiger partial charge in [0.2, 0.25) is 0 Å². The van der Waals surface area contributed by atoms with Crippen LogP contribution in [0.15, 0.2) is 23.3 Å². The van der Waals surface area contributed by atoms with E-state index in [1.165, 1.54) is 17.5 Å². The molecular formula is C13H16N4O3S. The number of nitrogens with one attached hydrogen (secondary N) is 2. The normalized spacial score (nSPS) is 22.1. The number of carbonyl (C=O) groups is 1. The average Bonchev–Trinajstić information content (AvgIpc) is 3.20. The van der Waals surface area contributed by atoms with Crippen molar-refractivity contribution in [3.8, 4) is 0 Å². The van der Waals surface area contributed by atoms with Crippen LogP contribution in [0.1, 0.15) is 22.5 Å². The van der Waals surface area contributed by atoms with Crippen LogP contribution in [0, 0.1) is 0 Å². The molecule has 1 aliphatic rings. The lowest BCUT2D eigenvalue weighted by molar-refractivity contribution is -0.0742. The van der Waals surface area contributed by atoms with E-state index in [0.717, 1.165) is 12.1 Å². The largest absolute Gasteiger partial charge is 0.379 e. The maximum Gasteiger partial charge on any atom is 0.254 e. The van der Waals surface area contributed by atoms with Crippen molar-refractivity contribution in [1.29, 1.82) is 0 Å². The number of hydrogen-bond acceptors (Lipinski definition) is 6. The number of aromatic nitrogens is 3. The molecular weight excluding hydrogens is 292 g/mol. The minimum Gasteiger partial charge on any atom is -0.379 e. The SMILES string of the molecule is O=C(N[C@H]1CCOC[C@@H]1OCc1cscn1)c1cn[nH]c1. The zero-order valence-electron chi connectivity index (χ0n) is 11.3. The smallest absolute Gasteiger partial charge is 0.254 e. The first-order valence-corrected chi connectivity index (χ1v) is 7.63. The van der Waals surface area contributed by atoms with Crippen LogP contribution in [0.3, 0.4) is 0 Å². The Morgan fingerprint density at radius 1 is 1.62 bits per heavy atom. The van der Waals surface area contributed by atoms with Crippen molar-refractivity contribution in [1.82, 2.24) is 20.5 Å². The first kappa shape index (κ1) is 14.2. The number of aromatic amines is 1. The molecule has 3 rings (SSSR count). The third-order valence-electron chi connectivity index (χ3n) is 3.31. The number of nitrogens with zero attached hydrogens (tertiary/aromatic N) is 2. The number of thiazole rings is 1. The third kappa shape index (κ3) is 3.66. The summed E-state index contributed by atoms with van der Waals surface area (Å²) in [6.45, 7) is 1.52. The van der Waals surface area contributed by atoms with Gasteiger partial charge in [0.05, 0.1) is 42.2 Å². The molecule has 0 radical (unpaired) electrons. The summed E-state index contributed by atoms with van der Waals surface area (Å²) in [5.74, 6) is -0.155. The summed E-state index contributed by atoms with van der Waals surface area (Å²) in [6, 6.07) is -0.0696. The van der Waals surface area contributed by atoms with Crippen LogP contribution < -0.4 is 5.32 Å². The molecule has 0 saturated carbocycles. The van der Waals surface area contributed by atoms with Gasteiger partial charge in [0.1, 0.15) is 6.10 Å². The van der Waals surface area contributed by atoms with E-state index in [0.29, 0.717) is 25.4 Å². The number of hydrogen-bond donors (Lipinski definition) is 2. The number of carbonyl (C=O) groups excluding carboxylic acids is 1. The van der Waals surface area contributed by atoms with E-state index in [2.05, 4.69) is 20.5 Å². The highest BCUT2D eigenvalue weighted by Crippen LogP contribution is 2.14. The predicted octanol–water partition coefficient (Wildman–Crippen LogP) is 0.970. The Morgan fingerprint density at radius 3 is 3.33 bits per heavy atom. The van der Waals surface area contributed by atoms with Crippen LogP contribution >= 0.6 is 11.3 Å². The fourth-order valence-electron chi connectivity index (χ4n) is 2.17. The van der Waals surface area contributed by atoms with E-state index >= 15 is 0 Å². The van der Waals surface area contributed by atoms with Gasteiger partial charge >= 0.3 is 0 Å². The summed E-state index contributed by atoms with van der Waals surface area (Å²) in [5, 5.41) is 11.3. The third-order valence-corrected chi connectivity index (χ3v) is 3.95. The number of ether oxygens (including phenoxy) is 2. The molecule has 1 fully saturated rings. The highest BCUT2D eigenvalue weighted by Gasteiger charge is 2.28. The Bertz CT molecular complexity index is 558. The van der Waals surface area contributed by atoms with Gasteiger partial charge in [0.25, 0.3) is 5.91 Å². The van der Waals surface area contributed by atoms with E-state index in [4.69, 9.17) is 9.47 Å². The number of H-pyrrole nitrogens is 1. The van der Waals surface area contributed by atoms with Gasteiger partial charge in [-0.2, -0.15) is 5.10 Å². The van der Waals surface area contributed by atoms with E-state index in [1.807, 2.05) is 5.38 Å². The average molecular weight is 308 g/mol. The van der Waals surface area contributed by atoms with Gasteiger partial charge in [0, 0.05) is 18.2 Å². The van der Waals surface area contributed by atoms with E-state index in [-0.39, 0.29) is 18.1 Å². The van der Waals surface area contributed by atoms with Crippen LogP contribution in [0.2, 0.25) is 0 Å². The number of amides is 1. The summed E-state index contributed by atoms with van der Waals surface area (Å²) < 4.78 is 11.3. The summed E-state index contributed by atoms with van der Waals surface area (Å²) >= 11 is 1.53. The highest BCUT2D eigenvalue weighted by atomic mass is 32.1. The van der Waals surface area contributed by atoms with Crippen molar-refractivity contribution in [2.45, 2.75) is 25.2 Å². The maximum atomic E-state index is 12.1. The first-order chi connectivity index (χ1) is 10.3. The topological polar surface area (TPSA) is 89.1 Å². The maximum absolute atomic E-state index is 12.1. The second-order valence-corrected chi connectivity index (χ2v) is 5.48. The van der Waals surface area contributed by atoms with Gasteiger partial charge in [-0.05, 0) is 6.42 Å². The van der Waals surface area contributed by atoms with Crippen molar-refractivity contribution in [2.24, 2.45) is 0 Å². The van der Waals surface area contributed by atoms with E-state index in [9.17, 15) is 4.79 Å². The monoisotopic (exact) mass is 308 g/mol. The van der Waals surface area contributed by atoms with Gasteiger partial charge < -0.3 is 14.8 Å². The minimum atomic E-state index is -0.170. The molecule has 2 atom stereocenters. The molecule has 0 aliphatic carbocycles. The van der Waals surface area contributed by atoms with Gasteiger partial charge in [-0.1, -0.05) is 0 Å². The van der Waals surface area contributed by atoms with E-state index in [1.54, 1.807) is 11.7 Å². The van der Waals surface area contributed by atoms with Crippen LogP contribution in [0.25, 0.3) is 0 Å². The summed E-state index contributed by atoms with van der Waals surface area (Å²) in [6.07, 6.45) is 3.63. The minimum absolute atomic E-state index is 0.0696. The second kappa shape index (κ2) is 6.79. The van der Waals surface area contributed by atoms with Crippen LogP contribution in [0.4, 0.5) is 0 Å². The molecule has 2 aromatic rings. The molecule has 21 heavy (non-hydrogen) atoms. The van der Waals surface area contributed by atoms with Crippen molar-refractivity contribution >= 4 is 17.2 Å². The highest BCUT2D eigenvalue weighted by molar-refractivity contribution is 7.07. The first-order valence-electron chi connectivity index (χ1n) is 6.69. The molecule has 0 aromatic carbocycles. The van der Waals surface area contributed by atoms with E-state index < -0.39 is 0 Å². The molecule has 0 bridgehead atoms. The van der Waals surface area contributed by atoms with Crippen molar-refractivity contribution < 1.29 is 14.3 Å². The Labute approximate surface area is 125 Å². The zero-order chi connectivity index (χ0) is 14.5. The molecule has 1 saturated heterocycles. The van der Waals surface area contributed by atoms with Crippen molar-refractivity contribution in [3.63, 3.8) is 0 Å². The predicted molar refractivity (Wildman–Crippen MR) is 76.0 cm³/mol. The Balaban J connectivity index is 1.57. The Hall–Kier alpha value is -1.77. The molecule has 2 aromatic heterocycles. The summed E-state index contributed by atoms with van der Waals surface area (Å²) in [4.78, 5) is 16.3. The number of rotatable bonds is 5. The second-order valence-electron chi connectivity index (χ2n) is 4.76. The van der Waals surface area contributed by atoms with Gasteiger partial charge in [-0.15, -0.1) is 11.3 Å². The molecule has 2 N–H and O–H groups in total. The molecule has 7 nitrogen and oxygen atoms in total. The lowest BCUT2D eigenvalue weighted by Crippen LogP contribution is -2.49. The lowest BCUT2D eigenvalue weighted by atomic mass is 10.1. The van der Waals surface area contributed by atoms with Gasteiger partial charge in [-0.3, -0.25) is 9.89 Å². The summed E-state index contributed by atoms with van der Waals surface area (Å²) in [7, 11) is 0. The molecule has 1 aliphatic heterocycles. The fraction of sp³-hybridized carbons (Fsp3) is 0.462. The fourth-order valence-corrected chi connectivity index (χ4v) is 2.71. The molecule has 3 heterocycles. The molecule has 1 amide bonds. The summed E-state index contributed by atoms with van der Waals surface area (Å²) in [5.41, 5.74) is 3.18. The van der Waals surface area contributed by atoms with Crippen LogP contribution in [0.5, 0.6) is 0 Å². The van der Waals surface area contributed by atoms with Crippen LogP contribution in [-0.4, -0.2) is 46.4 Å². The molecule has 8 heteroatoms. The zero-order valence-corrected chi connectivity index (χ0v) is 12.1. The van der Waals surface area contributed by atoms with Crippen molar-refractivity contribution in [3.05, 3.63) is 34.5 Å². The lowest BCUT2D eigenvalue weighted by Gasteiger charge is -2.31. The molecule has 0 unspecified atom stereocenters. The van der Waals surface area contributed by atoms with Crippen molar-refractivity contribution in [2.75, 3.05) is 13.2 Å². The Morgan fingerprint density at radius 2 is 2.57 bits per heavy atom. The van der Waals surface area contributed by atoms with Gasteiger partial charge in [0.15, 0.2) is 0 Å². The van der Waals surface area contributed by atoms with Crippen LogP contribution in [-0.2, 0) is 16.1 Å². The molecule has 0 spiro atoms. The van der Waals surface area contributed by atoms with Gasteiger partial charge in [-0.25, -0.2) is 4.98 Å².